The van der Waals surface area contributed by atoms with Crippen LogP contribution >= 0.6 is 0 Å². The lowest BCUT2D eigenvalue weighted by Gasteiger charge is -2.44. The van der Waals surface area contributed by atoms with Crippen LogP contribution in [0.15, 0.2) is 36.9 Å². The van der Waals surface area contributed by atoms with Gasteiger partial charge in [-0.05, 0) is 82.7 Å². The average molecular weight is 518 g/mol. The Bertz CT molecular complexity index is 1220. The molecule has 3 aliphatic heterocycles. The Morgan fingerprint density at radius 3 is 2.84 bits per heavy atom. The van der Waals surface area contributed by atoms with Crippen molar-refractivity contribution in [3.05, 3.63) is 53.6 Å². The van der Waals surface area contributed by atoms with Crippen molar-refractivity contribution in [3.8, 4) is 11.9 Å². The minimum Gasteiger partial charge on any atom is -0.466 e. The Hall–Kier alpha value is -3.13. The molecule has 8 heteroatoms. The highest BCUT2D eigenvalue weighted by atomic mass is 16.5. The standard InChI is InChI=1S/C30H39N5O3/c1-4-26(36)34-17-18-35(21(2)19-34)27-24-13-15-30(14-7-10-22-9-5-6-12-25(22)30)38-28(24)32-29(31-27)37-20-23-11-8-16-33(23)3/h4-6,9,12,21,23H,1,7-8,10-11,13-20H2,2-3H3/t21-,23-,30?/m0/s1. The number of hydrogen-bond donors (Lipinski definition) is 0. The number of hydrogen-bond acceptors (Lipinski definition) is 7. The normalized spacial score (nSPS) is 27.0. The van der Waals surface area contributed by atoms with Crippen molar-refractivity contribution in [2.24, 2.45) is 0 Å². The van der Waals surface area contributed by atoms with Gasteiger partial charge in [0.25, 0.3) is 0 Å². The third-order valence-corrected chi connectivity index (χ3v) is 8.99. The number of likely N-dealkylation sites (tertiary alicyclic amines) is 1. The van der Waals surface area contributed by atoms with Crippen molar-refractivity contribution in [2.75, 3.05) is 44.7 Å². The van der Waals surface area contributed by atoms with E-state index in [0.717, 1.165) is 56.5 Å². The first kappa shape index (κ1) is 25.2. The van der Waals surface area contributed by atoms with Gasteiger partial charge in [-0.1, -0.05) is 30.8 Å². The lowest BCUT2D eigenvalue weighted by atomic mass is 9.75. The van der Waals surface area contributed by atoms with Gasteiger partial charge in [0, 0.05) is 31.7 Å². The van der Waals surface area contributed by atoms with E-state index in [2.05, 4.69) is 54.6 Å². The first-order valence-corrected chi connectivity index (χ1v) is 14.2. The van der Waals surface area contributed by atoms with E-state index in [0.29, 0.717) is 44.2 Å². The van der Waals surface area contributed by atoms with Gasteiger partial charge >= 0.3 is 6.01 Å². The number of nitrogens with zero attached hydrogens (tertiary/aromatic N) is 5. The van der Waals surface area contributed by atoms with Gasteiger partial charge in [-0.2, -0.15) is 9.97 Å². The minimum atomic E-state index is -0.350. The van der Waals surface area contributed by atoms with Gasteiger partial charge in [-0.15, -0.1) is 0 Å². The van der Waals surface area contributed by atoms with Crippen molar-refractivity contribution >= 4 is 11.7 Å². The Balaban J connectivity index is 1.34. The fourth-order valence-electron chi connectivity index (χ4n) is 6.81. The zero-order chi connectivity index (χ0) is 26.3. The van der Waals surface area contributed by atoms with Crippen LogP contribution in [0.5, 0.6) is 11.9 Å². The molecule has 4 aliphatic rings. The molecule has 0 N–H and O–H groups in total. The minimum absolute atomic E-state index is 0.0211. The van der Waals surface area contributed by atoms with Crippen molar-refractivity contribution in [1.82, 2.24) is 19.8 Å². The Labute approximate surface area is 225 Å². The molecule has 2 fully saturated rings. The number of aryl methyl sites for hydroxylation is 1. The number of rotatable bonds is 5. The summed E-state index contributed by atoms with van der Waals surface area (Å²) in [7, 11) is 2.15. The molecule has 2 aromatic rings. The number of aromatic nitrogens is 2. The van der Waals surface area contributed by atoms with Crippen molar-refractivity contribution in [1.29, 1.82) is 0 Å². The molecule has 8 nitrogen and oxygen atoms in total. The number of anilines is 1. The van der Waals surface area contributed by atoms with E-state index >= 15 is 0 Å². The topological polar surface area (TPSA) is 71.0 Å². The molecule has 1 aromatic carbocycles. The van der Waals surface area contributed by atoms with E-state index in [1.807, 2.05) is 4.90 Å². The molecule has 4 heterocycles. The molecule has 1 aromatic heterocycles. The van der Waals surface area contributed by atoms with Crippen LogP contribution in [0.25, 0.3) is 0 Å². The summed E-state index contributed by atoms with van der Waals surface area (Å²) in [5, 5.41) is 0. The number of carbonyl (C=O) groups excluding carboxylic acids is 1. The number of likely N-dealkylation sites (N-methyl/N-ethyl adjacent to an activating group) is 1. The van der Waals surface area contributed by atoms with Crippen LogP contribution in [0.2, 0.25) is 0 Å². The summed E-state index contributed by atoms with van der Waals surface area (Å²) in [4.78, 5) is 28.6. The molecule has 1 aliphatic carbocycles. The summed E-state index contributed by atoms with van der Waals surface area (Å²) in [5.74, 6) is 1.53. The van der Waals surface area contributed by atoms with Gasteiger partial charge in [0.15, 0.2) is 0 Å². The largest absolute Gasteiger partial charge is 0.466 e. The molecule has 1 unspecified atom stereocenters. The number of carbonyl (C=O) groups is 1. The van der Waals surface area contributed by atoms with E-state index in [4.69, 9.17) is 19.4 Å². The smallest absolute Gasteiger partial charge is 0.321 e. The molecule has 1 spiro atoms. The summed E-state index contributed by atoms with van der Waals surface area (Å²) in [6, 6.07) is 9.57. The molecular formula is C30H39N5O3. The van der Waals surface area contributed by atoms with E-state index in [-0.39, 0.29) is 17.6 Å². The maximum absolute atomic E-state index is 12.3. The van der Waals surface area contributed by atoms with Gasteiger partial charge in [0.05, 0.1) is 5.56 Å². The zero-order valence-corrected chi connectivity index (χ0v) is 22.7. The first-order chi connectivity index (χ1) is 18.5. The van der Waals surface area contributed by atoms with Gasteiger partial charge < -0.3 is 24.2 Å². The molecule has 0 saturated carbocycles. The lowest BCUT2D eigenvalue weighted by molar-refractivity contribution is -0.126. The first-order valence-electron chi connectivity index (χ1n) is 14.2. The Morgan fingerprint density at radius 2 is 2.05 bits per heavy atom. The van der Waals surface area contributed by atoms with Gasteiger partial charge in [0.2, 0.25) is 11.8 Å². The molecule has 2 saturated heterocycles. The summed E-state index contributed by atoms with van der Waals surface area (Å²) in [5.41, 5.74) is 3.39. The Morgan fingerprint density at radius 1 is 1.18 bits per heavy atom. The molecule has 0 radical (unpaired) electrons. The van der Waals surface area contributed by atoms with Crippen LogP contribution in [0.4, 0.5) is 5.82 Å². The van der Waals surface area contributed by atoms with Crippen molar-refractivity contribution < 1.29 is 14.3 Å². The second kappa shape index (κ2) is 10.2. The highest BCUT2D eigenvalue weighted by molar-refractivity contribution is 5.87. The predicted octanol–water partition coefficient (Wildman–Crippen LogP) is 3.73. The van der Waals surface area contributed by atoms with Crippen molar-refractivity contribution in [2.45, 2.75) is 69.6 Å². The second-order valence-corrected chi connectivity index (χ2v) is 11.3. The lowest BCUT2D eigenvalue weighted by Crippen LogP contribution is -2.54. The van der Waals surface area contributed by atoms with E-state index in [9.17, 15) is 4.79 Å². The SMILES string of the molecule is C=CC(=O)N1CCN(c2nc(OC[C@@H]3CCCN3C)nc3c2CCC2(CCCc4ccccc42)O3)[C@@H](C)C1. The quantitative estimate of drug-likeness (QED) is 0.560. The molecule has 0 bridgehead atoms. The van der Waals surface area contributed by atoms with E-state index in [1.54, 1.807) is 0 Å². The number of fused-ring (bicyclic) bond motifs is 3. The van der Waals surface area contributed by atoms with E-state index < -0.39 is 0 Å². The number of amides is 1. The predicted molar refractivity (Wildman–Crippen MR) is 147 cm³/mol. The van der Waals surface area contributed by atoms with Crippen LogP contribution in [0.3, 0.4) is 0 Å². The molecule has 1 amide bonds. The average Bonchev–Trinajstić information content (AvgIpc) is 3.35. The van der Waals surface area contributed by atoms with Crippen molar-refractivity contribution in [3.63, 3.8) is 0 Å². The monoisotopic (exact) mass is 517 g/mol. The molecule has 3 atom stereocenters. The van der Waals surface area contributed by atoms with Gasteiger partial charge in [-0.3, -0.25) is 4.79 Å². The fourth-order valence-corrected chi connectivity index (χ4v) is 6.81. The summed E-state index contributed by atoms with van der Waals surface area (Å²) >= 11 is 0. The van der Waals surface area contributed by atoms with Gasteiger partial charge in [0.1, 0.15) is 18.0 Å². The van der Waals surface area contributed by atoms with Crippen LogP contribution in [0, 0.1) is 0 Å². The van der Waals surface area contributed by atoms with Crippen LogP contribution in [-0.4, -0.2) is 77.6 Å². The molecular weight excluding hydrogens is 478 g/mol. The summed E-state index contributed by atoms with van der Waals surface area (Å²) in [6.07, 6.45) is 8.67. The number of piperazine rings is 1. The third-order valence-electron chi connectivity index (χ3n) is 8.99. The highest BCUT2D eigenvalue weighted by Crippen LogP contribution is 2.48. The Kier molecular flexibility index (Phi) is 6.76. The molecule has 202 valence electrons. The van der Waals surface area contributed by atoms with Crippen LogP contribution < -0.4 is 14.4 Å². The maximum atomic E-state index is 12.3. The van der Waals surface area contributed by atoms with Crippen LogP contribution in [-0.2, 0) is 23.2 Å². The highest BCUT2D eigenvalue weighted by Gasteiger charge is 2.44. The van der Waals surface area contributed by atoms with Gasteiger partial charge in [-0.25, -0.2) is 0 Å². The summed E-state index contributed by atoms with van der Waals surface area (Å²) in [6.45, 7) is 9.44. The zero-order valence-electron chi connectivity index (χ0n) is 22.7. The second-order valence-electron chi connectivity index (χ2n) is 11.3. The maximum Gasteiger partial charge on any atom is 0.321 e. The van der Waals surface area contributed by atoms with E-state index in [1.165, 1.54) is 23.6 Å². The van der Waals surface area contributed by atoms with Crippen LogP contribution in [0.1, 0.15) is 55.7 Å². The number of ether oxygens (including phenoxy) is 2. The molecule has 38 heavy (non-hydrogen) atoms. The number of benzene rings is 1. The third kappa shape index (κ3) is 4.53. The molecule has 6 rings (SSSR count). The summed E-state index contributed by atoms with van der Waals surface area (Å²) < 4.78 is 13.2. The fraction of sp³-hybridized carbons (Fsp3) is 0.567.